The van der Waals surface area contributed by atoms with Crippen LogP contribution in [0, 0.1) is 0 Å². The number of alkyl halides is 3. The lowest BCUT2D eigenvalue weighted by molar-refractivity contribution is -0.141. The van der Waals surface area contributed by atoms with Gasteiger partial charge in [-0.15, -0.1) is 0 Å². The molecule has 1 aliphatic heterocycles. The van der Waals surface area contributed by atoms with E-state index < -0.39 is 23.6 Å². The van der Waals surface area contributed by atoms with Gasteiger partial charge in [-0.05, 0) is 33.3 Å². The zero-order valence-corrected chi connectivity index (χ0v) is 13.1. The standard InChI is InChI=1S/C14H19F3N4O2/c1-13(2,3)23-12(22)19-9-5-7-21(8-9)11-18-6-4-10(20-11)14(15,16)17/h4,6,9H,5,7-8H2,1-3H3,(H,19,22)/t9-/m1/s1. The number of carbonyl (C=O) groups excluding carboxylic acids is 1. The second kappa shape index (κ2) is 6.21. The molecule has 0 saturated carbocycles. The number of anilines is 1. The van der Waals surface area contributed by atoms with Crippen molar-refractivity contribution in [2.75, 3.05) is 18.0 Å². The molecule has 0 spiro atoms. The zero-order valence-electron chi connectivity index (χ0n) is 13.1. The summed E-state index contributed by atoms with van der Waals surface area (Å²) in [5.74, 6) is 0.00770. The van der Waals surface area contributed by atoms with Crippen molar-refractivity contribution in [1.29, 1.82) is 0 Å². The van der Waals surface area contributed by atoms with Crippen molar-refractivity contribution < 1.29 is 22.7 Å². The topological polar surface area (TPSA) is 67.3 Å². The molecule has 2 heterocycles. The van der Waals surface area contributed by atoms with Crippen LogP contribution in [-0.4, -0.2) is 40.8 Å². The van der Waals surface area contributed by atoms with E-state index in [1.54, 1.807) is 25.7 Å². The van der Waals surface area contributed by atoms with Crippen LogP contribution in [0.25, 0.3) is 0 Å². The van der Waals surface area contributed by atoms with Crippen LogP contribution in [0.1, 0.15) is 32.9 Å². The lowest BCUT2D eigenvalue weighted by Gasteiger charge is -2.22. The summed E-state index contributed by atoms with van der Waals surface area (Å²) in [6.07, 6.45) is -3.39. The van der Waals surface area contributed by atoms with Crippen LogP contribution in [0.2, 0.25) is 0 Å². The van der Waals surface area contributed by atoms with Gasteiger partial charge in [0.15, 0.2) is 0 Å². The summed E-state index contributed by atoms with van der Waals surface area (Å²) >= 11 is 0. The number of ether oxygens (including phenoxy) is 1. The highest BCUT2D eigenvalue weighted by molar-refractivity contribution is 5.68. The van der Waals surface area contributed by atoms with Gasteiger partial charge in [0.2, 0.25) is 5.95 Å². The number of nitrogens with one attached hydrogen (secondary N) is 1. The fourth-order valence-electron chi connectivity index (χ4n) is 2.19. The second-order valence-corrected chi connectivity index (χ2v) is 6.32. The Morgan fingerprint density at radius 1 is 1.39 bits per heavy atom. The van der Waals surface area contributed by atoms with Crippen LogP contribution < -0.4 is 10.2 Å². The minimum Gasteiger partial charge on any atom is -0.444 e. The van der Waals surface area contributed by atoms with E-state index in [0.29, 0.717) is 19.5 Å². The zero-order chi connectivity index (χ0) is 17.3. The third-order valence-corrected chi connectivity index (χ3v) is 3.13. The number of halogens is 3. The normalized spacial score (nSPS) is 18.9. The molecule has 0 radical (unpaired) electrons. The summed E-state index contributed by atoms with van der Waals surface area (Å²) in [6.45, 7) is 6.06. The summed E-state index contributed by atoms with van der Waals surface area (Å²) in [5.41, 5.74) is -1.59. The number of alkyl carbamates (subject to hydrolysis) is 1. The van der Waals surface area contributed by atoms with E-state index in [1.807, 2.05) is 0 Å². The van der Waals surface area contributed by atoms with Crippen molar-refractivity contribution in [2.45, 2.75) is 45.0 Å². The fraction of sp³-hybridized carbons (Fsp3) is 0.643. The third kappa shape index (κ3) is 4.97. The van der Waals surface area contributed by atoms with E-state index in [4.69, 9.17) is 4.74 Å². The lowest BCUT2D eigenvalue weighted by atomic mass is 10.2. The maximum atomic E-state index is 12.7. The number of hydrogen-bond donors (Lipinski definition) is 1. The van der Waals surface area contributed by atoms with Gasteiger partial charge in [-0.3, -0.25) is 0 Å². The average Bonchev–Trinajstić information content (AvgIpc) is 2.84. The van der Waals surface area contributed by atoms with Crippen molar-refractivity contribution in [2.24, 2.45) is 0 Å². The van der Waals surface area contributed by atoms with Gasteiger partial charge in [0.25, 0.3) is 0 Å². The van der Waals surface area contributed by atoms with E-state index >= 15 is 0 Å². The summed E-state index contributed by atoms with van der Waals surface area (Å²) in [6, 6.07) is 0.610. The van der Waals surface area contributed by atoms with Gasteiger partial charge in [0.1, 0.15) is 11.3 Å². The van der Waals surface area contributed by atoms with E-state index in [1.165, 1.54) is 0 Å². The summed E-state index contributed by atoms with van der Waals surface area (Å²) in [4.78, 5) is 20.7. The van der Waals surface area contributed by atoms with Crippen LogP contribution in [0.15, 0.2) is 12.3 Å². The molecule has 0 unspecified atom stereocenters. The fourth-order valence-corrected chi connectivity index (χ4v) is 2.19. The maximum Gasteiger partial charge on any atom is 0.433 e. The van der Waals surface area contributed by atoms with Crippen molar-refractivity contribution in [3.8, 4) is 0 Å². The number of carbonyl (C=O) groups is 1. The predicted molar refractivity (Wildman–Crippen MR) is 77.0 cm³/mol. The highest BCUT2D eigenvalue weighted by Crippen LogP contribution is 2.28. The largest absolute Gasteiger partial charge is 0.444 e. The van der Waals surface area contributed by atoms with Gasteiger partial charge in [-0.25, -0.2) is 14.8 Å². The first-order chi connectivity index (χ1) is 10.5. The molecule has 1 aromatic rings. The molecule has 1 amide bonds. The van der Waals surface area contributed by atoms with Crippen molar-refractivity contribution >= 4 is 12.0 Å². The molecule has 6 nitrogen and oxygen atoms in total. The lowest BCUT2D eigenvalue weighted by Crippen LogP contribution is -2.40. The number of hydrogen-bond acceptors (Lipinski definition) is 5. The molecule has 0 aliphatic carbocycles. The van der Waals surface area contributed by atoms with Gasteiger partial charge in [-0.1, -0.05) is 0 Å². The SMILES string of the molecule is CC(C)(C)OC(=O)N[C@@H]1CCN(c2nccc(C(F)(F)F)n2)C1. The van der Waals surface area contributed by atoms with Gasteiger partial charge in [0, 0.05) is 19.3 Å². The van der Waals surface area contributed by atoms with Gasteiger partial charge < -0.3 is 15.0 Å². The van der Waals surface area contributed by atoms with E-state index in [9.17, 15) is 18.0 Å². The molecule has 0 bridgehead atoms. The smallest absolute Gasteiger partial charge is 0.433 e. The van der Waals surface area contributed by atoms with Crippen LogP contribution in [0.5, 0.6) is 0 Å². The predicted octanol–water partition coefficient (Wildman–Crippen LogP) is 2.60. The molecular weight excluding hydrogens is 313 g/mol. The Hall–Kier alpha value is -2.06. The molecule has 128 valence electrons. The minimum absolute atomic E-state index is 0.00770. The van der Waals surface area contributed by atoms with Gasteiger partial charge >= 0.3 is 12.3 Å². The van der Waals surface area contributed by atoms with Crippen LogP contribution in [-0.2, 0) is 10.9 Å². The molecule has 2 rings (SSSR count). The van der Waals surface area contributed by atoms with Crippen molar-refractivity contribution in [3.63, 3.8) is 0 Å². The molecule has 1 aliphatic rings. The van der Waals surface area contributed by atoms with Gasteiger partial charge in [0.05, 0.1) is 6.04 Å². The highest BCUT2D eigenvalue weighted by atomic mass is 19.4. The molecule has 9 heteroatoms. The van der Waals surface area contributed by atoms with Crippen LogP contribution >= 0.6 is 0 Å². The molecule has 23 heavy (non-hydrogen) atoms. The van der Waals surface area contributed by atoms with Crippen molar-refractivity contribution in [1.82, 2.24) is 15.3 Å². The van der Waals surface area contributed by atoms with Crippen LogP contribution in [0.3, 0.4) is 0 Å². The van der Waals surface area contributed by atoms with E-state index in [2.05, 4.69) is 15.3 Å². The molecule has 1 atom stereocenters. The summed E-state index contributed by atoms with van der Waals surface area (Å²) in [7, 11) is 0. The summed E-state index contributed by atoms with van der Waals surface area (Å²) < 4.78 is 43.2. The van der Waals surface area contributed by atoms with E-state index in [0.717, 1.165) is 12.3 Å². The molecule has 1 fully saturated rings. The Balaban J connectivity index is 1.97. The molecule has 0 aromatic carbocycles. The maximum absolute atomic E-state index is 12.7. The Kier molecular flexibility index (Phi) is 4.67. The number of amides is 1. The first-order valence-corrected chi connectivity index (χ1v) is 7.19. The second-order valence-electron chi connectivity index (χ2n) is 6.32. The number of aromatic nitrogens is 2. The Bertz CT molecular complexity index is 572. The number of rotatable bonds is 2. The quantitative estimate of drug-likeness (QED) is 0.902. The van der Waals surface area contributed by atoms with E-state index in [-0.39, 0.29) is 12.0 Å². The minimum atomic E-state index is -4.51. The molecule has 1 aromatic heterocycles. The Labute approximate surface area is 132 Å². The first-order valence-electron chi connectivity index (χ1n) is 7.19. The third-order valence-electron chi connectivity index (χ3n) is 3.13. The Morgan fingerprint density at radius 3 is 2.70 bits per heavy atom. The van der Waals surface area contributed by atoms with Gasteiger partial charge in [-0.2, -0.15) is 13.2 Å². The molecule has 1 saturated heterocycles. The molecule has 1 N–H and O–H groups in total. The Morgan fingerprint density at radius 2 is 2.09 bits per heavy atom. The average molecular weight is 332 g/mol. The highest BCUT2D eigenvalue weighted by Gasteiger charge is 2.34. The van der Waals surface area contributed by atoms with Crippen LogP contribution in [0.4, 0.5) is 23.9 Å². The molecular formula is C14H19F3N4O2. The number of nitrogens with zero attached hydrogens (tertiary/aromatic N) is 3. The summed E-state index contributed by atoms with van der Waals surface area (Å²) in [5, 5.41) is 2.70. The first kappa shape index (κ1) is 17.3. The monoisotopic (exact) mass is 332 g/mol. The van der Waals surface area contributed by atoms with Crippen molar-refractivity contribution in [3.05, 3.63) is 18.0 Å².